The number of thiazole rings is 1. The van der Waals surface area contributed by atoms with Crippen LogP contribution in [0, 0.1) is 6.92 Å². The molecule has 1 saturated heterocycles. The lowest BCUT2D eigenvalue weighted by atomic mass is 10.4. The molecule has 108 valence electrons. The van der Waals surface area contributed by atoms with Gasteiger partial charge in [-0.05, 0) is 13.3 Å². The summed E-state index contributed by atoms with van der Waals surface area (Å²) in [5.74, 6) is 0.163. The highest BCUT2D eigenvalue weighted by Gasteiger charge is 2.20. The van der Waals surface area contributed by atoms with E-state index in [2.05, 4.69) is 10.00 Å². The minimum absolute atomic E-state index is 0.163. The van der Waals surface area contributed by atoms with E-state index in [1.165, 1.54) is 0 Å². The number of hydrogen-bond acceptors (Lipinski definition) is 5. The van der Waals surface area contributed by atoms with Gasteiger partial charge in [0.05, 0.1) is 10.4 Å². The molecule has 1 aliphatic heterocycles. The van der Waals surface area contributed by atoms with Crippen LogP contribution in [0.15, 0.2) is 0 Å². The van der Waals surface area contributed by atoms with Gasteiger partial charge in [0.1, 0.15) is 0 Å². The highest BCUT2D eigenvalue weighted by Crippen LogP contribution is 2.31. The molecule has 1 fully saturated rings. The molecule has 2 aromatic rings. The molecule has 7 heteroatoms. The Kier molecular flexibility index (Phi) is 3.37. The second kappa shape index (κ2) is 5.05. The standard InChI is InChI=1S/C13H19N5OS/c1-9-11-12(16(3)15-9)14-13(20-11)18-6-4-5-17(7-8-18)10(2)19/h4-8H2,1-3H3. The van der Waals surface area contributed by atoms with Crippen molar-refractivity contribution < 1.29 is 4.79 Å². The first kappa shape index (κ1) is 13.4. The molecule has 6 nitrogen and oxygen atoms in total. The number of carbonyl (C=O) groups excluding carboxylic acids is 1. The van der Waals surface area contributed by atoms with Gasteiger partial charge in [0.2, 0.25) is 5.91 Å². The van der Waals surface area contributed by atoms with Gasteiger partial charge in [-0.15, -0.1) is 0 Å². The first-order chi connectivity index (χ1) is 9.56. The van der Waals surface area contributed by atoms with Crippen LogP contribution in [-0.4, -0.2) is 51.8 Å². The Morgan fingerprint density at radius 2 is 2.05 bits per heavy atom. The Bertz CT molecular complexity index is 612. The molecule has 3 rings (SSSR count). The molecule has 1 amide bonds. The Balaban J connectivity index is 1.84. The van der Waals surface area contributed by atoms with E-state index in [4.69, 9.17) is 4.98 Å². The summed E-state index contributed by atoms with van der Waals surface area (Å²) >= 11 is 1.70. The third-order valence-electron chi connectivity index (χ3n) is 3.74. The van der Waals surface area contributed by atoms with Gasteiger partial charge in [-0.25, -0.2) is 9.67 Å². The molecular formula is C13H19N5OS. The summed E-state index contributed by atoms with van der Waals surface area (Å²) in [6, 6.07) is 0. The number of aromatic nitrogens is 3. The van der Waals surface area contributed by atoms with E-state index in [1.807, 2.05) is 23.6 Å². The molecule has 0 aliphatic carbocycles. The van der Waals surface area contributed by atoms with Crippen LogP contribution in [0.1, 0.15) is 19.0 Å². The van der Waals surface area contributed by atoms with Crippen molar-refractivity contribution in [2.24, 2.45) is 7.05 Å². The summed E-state index contributed by atoms with van der Waals surface area (Å²) in [6.07, 6.45) is 0.993. The molecule has 2 aromatic heterocycles. The first-order valence-electron chi connectivity index (χ1n) is 6.87. The molecule has 0 radical (unpaired) electrons. The lowest BCUT2D eigenvalue weighted by molar-refractivity contribution is -0.128. The van der Waals surface area contributed by atoms with Crippen molar-refractivity contribution in [1.29, 1.82) is 0 Å². The van der Waals surface area contributed by atoms with Crippen molar-refractivity contribution in [1.82, 2.24) is 19.7 Å². The fraction of sp³-hybridized carbons (Fsp3) is 0.615. The van der Waals surface area contributed by atoms with Crippen molar-refractivity contribution >= 4 is 32.7 Å². The Morgan fingerprint density at radius 3 is 2.75 bits per heavy atom. The largest absolute Gasteiger partial charge is 0.346 e. The molecule has 20 heavy (non-hydrogen) atoms. The highest BCUT2D eigenvalue weighted by atomic mass is 32.1. The van der Waals surface area contributed by atoms with Crippen molar-refractivity contribution in [2.75, 3.05) is 31.1 Å². The second-order valence-electron chi connectivity index (χ2n) is 5.20. The first-order valence-corrected chi connectivity index (χ1v) is 7.68. The molecule has 0 atom stereocenters. The number of anilines is 1. The van der Waals surface area contributed by atoms with Crippen LogP contribution in [-0.2, 0) is 11.8 Å². The summed E-state index contributed by atoms with van der Waals surface area (Å²) in [7, 11) is 1.93. The van der Waals surface area contributed by atoms with Crippen LogP contribution in [0.25, 0.3) is 10.3 Å². The van der Waals surface area contributed by atoms with Crippen LogP contribution in [0.3, 0.4) is 0 Å². The fourth-order valence-electron chi connectivity index (χ4n) is 2.63. The van der Waals surface area contributed by atoms with Crippen LogP contribution in [0.4, 0.5) is 5.13 Å². The van der Waals surface area contributed by atoms with Gasteiger partial charge in [-0.1, -0.05) is 11.3 Å². The number of fused-ring (bicyclic) bond motifs is 1. The average Bonchev–Trinajstić information content (AvgIpc) is 2.82. The maximum atomic E-state index is 11.5. The molecule has 0 N–H and O–H groups in total. The topological polar surface area (TPSA) is 54.3 Å². The molecule has 0 saturated carbocycles. The van der Waals surface area contributed by atoms with E-state index in [0.717, 1.165) is 53.8 Å². The smallest absolute Gasteiger partial charge is 0.219 e. The lowest BCUT2D eigenvalue weighted by Gasteiger charge is -2.20. The van der Waals surface area contributed by atoms with E-state index >= 15 is 0 Å². The summed E-state index contributed by atoms with van der Waals surface area (Å²) in [6.45, 7) is 7.09. The number of rotatable bonds is 1. The molecule has 0 aromatic carbocycles. The summed E-state index contributed by atoms with van der Waals surface area (Å²) in [4.78, 5) is 20.4. The highest BCUT2D eigenvalue weighted by molar-refractivity contribution is 7.22. The third kappa shape index (κ3) is 2.26. The zero-order valence-corrected chi connectivity index (χ0v) is 12.9. The number of carbonyl (C=O) groups is 1. The average molecular weight is 293 g/mol. The molecule has 3 heterocycles. The Labute approximate surface area is 122 Å². The predicted molar refractivity (Wildman–Crippen MR) is 80.2 cm³/mol. The zero-order valence-electron chi connectivity index (χ0n) is 12.1. The van der Waals surface area contributed by atoms with Gasteiger partial charge in [0.25, 0.3) is 0 Å². The minimum atomic E-state index is 0.163. The minimum Gasteiger partial charge on any atom is -0.346 e. The van der Waals surface area contributed by atoms with E-state index in [0.29, 0.717) is 0 Å². The SMILES string of the molecule is CC(=O)N1CCCN(c2nc3c(s2)c(C)nn3C)CC1. The summed E-state index contributed by atoms with van der Waals surface area (Å²) in [5, 5.41) is 5.43. The van der Waals surface area contributed by atoms with Crippen LogP contribution in [0.2, 0.25) is 0 Å². The molecule has 1 aliphatic rings. The van der Waals surface area contributed by atoms with Crippen molar-refractivity contribution in [2.45, 2.75) is 20.3 Å². The van der Waals surface area contributed by atoms with Gasteiger partial charge in [-0.3, -0.25) is 4.79 Å². The van der Waals surface area contributed by atoms with E-state index in [1.54, 1.807) is 18.3 Å². The summed E-state index contributed by atoms with van der Waals surface area (Å²) < 4.78 is 3.00. The van der Waals surface area contributed by atoms with Gasteiger partial charge in [-0.2, -0.15) is 5.10 Å². The van der Waals surface area contributed by atoms with Crippen molar-refractivity contribution in [3.8, 4) is 0 Å². The maximum absolute atomic E-state index is 11.5. The van der Waals surface area contributed by atoms with Crippen LogP contribution >= 0.6 is 11.3 Å². The number of aryl methyl sites for hydroxylation is 2. The van der Waals surface area contributed by atoms with Crippen LogP contribution < -0.4 is 4.90 Å². The van der Waals surface area contributed by atoms with Gasteiger partial charge < -0.3 is 9.80 Å². The quantitative estimate of drug-likeness (QED) is 0.797. The lowest BCUT2D eigenvalue weighted by Crippen LogP contribution is -2.33. The van der Waals surface area contributed by atoms with E-state index in [-0.39, 0.29) is 5.91 Å². The predicted octanol–water partition coefficient (Wildman–Crippen LogP) is 1.40. The molecule has 0 spiro atoms. The Morgan fingerprint density at radius 1 is 1.25 bits per heavy atom. The second-order valence-corrected chi connectivity index (χ2v) is 6.18. The van der Waals surface area contributed by atoms with Gasteiger partial charge >= 0.3 is 0 Å². The zero-order chi connectivity index (χ0) is 14.3. The van der Waals surface area contributed by atoms with Crippen LogP contribution in [0.5, 0.6) is 0 Å². The number of nitrogens with zero attached hydrogens (tertiary/aromatic N) is 5. The fourth-order valence-corrected chi connectivity index (χ4v) is 3.72. The van der Waals surface area contributed by atoms with Crippen molar-refractivity contribution in [3.05, 3.63) is 5.69 Å². The van der Waals surface area contributed by atoms with Gasteiger partial charge in [0.15, 0.2) is 10.8 Å². The molecule has 0 unspecified atom stereocenters. The summed E-state index contributed by atoms with van der Waals surface area (Å²) in [5.41, 5.74) is 1.99. The monoisotopic (exact) mass is 293 g/mol. The van der Waals surface area contributed by atoms with Crippen molar-refractivity contribution in [3.63, 3.8) is 0 Å². The number of hydrogen-bond donors (Lipinski definition) is 0. The van der Waals surface area contributed by atoms with E-state index < -0.39 is 0 Å². The van der Waals surface area contributed by atoms with Gasteiger partial charge in [0, 0.05) is 40.2 Å². The third-order valence-corrected chi connectivity index (χ3v) is 4.96. The Hall–Kier alpha value is -1.63. The van der Waals surface area contributed by atoms with E-state index in [9.17, 15) is 4.79 Å². The number of amides is 1. The normalized spacial score (nSPS) is 16.8. The molecular weight excluding hydrogens is 274 g/mol. The molecule has 0 bridgehead atoms. The maximum Gasteiger partial charge on any atom is 0.219 e.